The number of aromatic nitrogens is 3. The summed E-state index contributed by atoms with van der Waals surface area (Å²) >= 11 is 0. The van der Waals surface area contributed by atoms with E-state index < -0.39 is 0 Å². The second-order valence-electron chi connectivity index (χ2n) is 15.0. The van der Waals surface area contributed by atoms with Crippen molar-refractivity contribution in [3.05, 3.63) is 212 Å². The van der Waals surface area contributed by atoms with E-state index in [1.807, 2.05) is 0 Å². The maximum absolute atomic E-state index is 2.45. The molecule has 0 amide bonds. The number of rotatable bonds is 5. The Morgan fingerprint density at radius 2 is 0.561 bits per heavy atom. The first-order valence-electron chi connectivity index (χ1n) is 19.6. The minimum atomic E-state index is 1.14. The lowest BCUT2D eigenvalue weighted by atomic mass is 10.0. The Morgan fingerprint density at radius 3 is 1.11 bits per heavy atom. The van der Waals surface area contributed by atoms with Gasteiger partial charge in [-0.3, -0.25) is 0 Å². The van der Waals surface area contributed by atoms with Crippen molar-refractivity contribution in [2.45, 2.75) is 0 Å². The van der Waals surface area contributed by atoms with Crippen molar-refractivity contribution < 1.29 is 0 Å². The lowest BCUT2D eigenvalue weighted by molar-refractivity contribution is 1.17. The van der Waals surface area contributed by atoms with E-state index in [1.54, 1.807) is 0 Å². The number of para-hydroxylation sites is 4. The molecule has 0 fully saturated rings. The van der Waals surface area contributed by atoms with Crippen molar-refractivity contribution in [2.75, 3.05) is 0 Å². The van der Waals surface area contributed by atoms with Gasteiger partial charge in [0.1, 0.15) is 0 Å². The summed E-state index contributed by atoms with van der Waals surface area (Å²) in [6.07, 6.45) is 0. The molecule has 3 heterocycles. The Labute approximate surface area is 329 Å². The van der Waals surface area contributed by atoms with Gasteiger partial charge in [0, 0.05) is 49.4 Å². The topological polar surface area (TPSA) is 14.8 Å². The van der Waals surface area contributed by atoms with Gasteiger partial charge in [-0.2, -0.15) is 0 Å². The van der Waals surface area contributed by atoms with Crippen LogP contribution >= 0.6 is 0 Å². The molecule has 3 heteroatoms. The Bertz CT molecular complexity index is 3510. The zero-order chi connectivity index (χ0) is 37.5. The van der Waals surface area contributed by atoms with E-state index in [0.29, 0.717) is 0 Å². The maximum atomic E-state index is 2.45. The third-order valence-electron chi connectivity index (χ3n) is 11.8. The first kappa shape index (κ1) is 31.7. The van der Waals surface area contributed by atoms with E-state index in [-0.39, 0.29) is 0 Å². The number of fused-ring (bicyclic) bond motifs is 9. The van der Waals surface area contributed by atoms with Crippen LogP contribution in [0.2, 0.25) is 0 Å². The molecule has 0 bridgehead atoms. The fraction of sp³-hybridized carbons (Fsp3) is 0. The molecule has 0 aliphatic rings. The fourth-order valence-electron chi connectivity index (χ4n) is 9.27. The zero-order valence-electron chi connectivity index (χ0n) is 31.0. The monoisotopic (exact) mass is 725 g/mol. The van der Waals surface area contributed by atoms with Crippen LogP contribution in [-0.2, 0) is 0 Å². The lowest BCUT2D eigenvalue weighted by Gasteiger charge is -2.12. The molecule has 266 valence electrons. The van der Waals surface area contributed by atoms with E-state index in [4.69, 9.17) is 0 Å². The number of nitrogens with zero attached hydrogens (tertiary/aromatic N) is 3. The Hall–Kier alpha value is -7.62. The summed E-state index contributed by atoms with van der Waals surface area (Å²) in [5, 5.41) is 7.47. The van der Waals surface area contributed by atoms with Gasteiger partial charge in [0.05, 0.1) is 33.1 Å². The first-order chi connectivity index (χ1) is 28.3. The van der Waals surface area contributed by atoms with E-state index >= 15 is 0 Å². The van der Waals surface area contributed by atoms with Gasteiger partial charge in [-0.1, -0.05) is 133 Å². The largest absolute Gasteiger partial charge is 0.309 e. The molecule has 57 heavy (non-hydrogen) atoms. The number of hydrogen-bond acceptors (Lipinski definition) is 0. The van der Waals surface area contributed by atoms with Gasteiger partial charge in [-0.05, 0) is 101 Å². The van der Waals surface area contributed by atoms with E-state index in [1.165, 1.54) is 93.4 Å². The minimum Gasteiger partial charge on any atom is -0.309 e. The van der Waals surface area contributed by atoms with Crippen molar-refractivity contribution in [3.63, 3.8) is 0 Å². The third-order valence-corrected chi connectivity index (χ3v) is 11.8. The standard InChI is InChI=1S/C54H35N3/c1-3-15-36(16-4-1)37-17-13-21-41(31-37)56-50-27-11-8-24-44(50)47-35-54-48(34-53(47)56)45-25-9-12-28-51(45)57(54)42-22-14-18-38(32-42)39-29-30-52-46(33-39)43-23-7-10-26-49(43)55(52)40-19-5-2-6-20-40/h1-35H. The smallest absolute Gasteiger partial charge is 0.0548 e. The molecule has 0 saturated carbocycles. The normalized spacial score (nSPS) is 11.9. The van der Waals surface area contributed by atoms with Crippen LogP contribution < -0.4 is 0 Å². The highest BCUT2D eigenvalue weighted by molar-refractivity contribution is 6.19. The van der Waals surface area contributed by atoms with Crippen LogP contribution in [0.3, 0.4) is 0 Å². The molecule has 0 aliphatic carbocycles. The highest BCUT2D eigenvalue weighted by Gasteiger charge is 2.19. The molecule has 9 aromatic carbocycles. The zero-order valence-corrected chi connectivity index (χ0v) is 31.0. The summed E-state index contributed by atoms with van der Waals surface area (Å²) in [6.45, 7) is 0. The van der Waals surface area contributed by atoms with E-state index in [9.17, 15) is 0 Å². The third kappa shape index (κ3) is 4.86. The van der Waals surface area contributed by atoms with Crippen LogP contribution in [0.15, 0.2) is 212 Å². The molecule has 3 aromatic heterocycles. The van der Waals surface area contributed by atoms with Gasteiger partial charge in [0.15, 0.2) is 0 Å². The average Bonchev–Trinajstić information content (AvgIpc) is 3.91. The van der Waals surface area contributed by atoms with Crippen molar-refractivity contribution in [1.82, 2.24) is 13.7 Å². The van der Waals surface area contributed by atoms with Crippen LogP contribution in [0.4, 0.5) is 0 Å². The molecule has 0 saturated heterocycles. The highest BCUT2D eigenvalue weighted by Crippen LogP contribution is 2.41. The summed E-state index contributed by atoms with van der Waals surface area (Å²) in [7, 11) is 0. The molecule has 0 radical (unpaired) electrons. The molecule has 0 N–H and O–H groups in total. The summed E-state index contributed by atoms with van der Waals surface area (Å²) in [5.41, 5.74) is 15.5. The van der Waals surface area contributed by atoms with Crippen molar-refractivity contribution in [1.29, 1.82) is 0 Å². The van der Waals surface area contributed by atoms with Gasteiger partial charge < -0.3 is 13.7 Å². The Morgan fingerprint density at radius 1 is 0.193 bits per heavy atom. The van der Waals surface area contributed by atoms with E-state index in [2.05, 4.69) is 226 Å². The minimum absolute atomic E-state index is 1.14. The van der Waals surface area contributed by atoms with Gasteiger partial charge in [0.2, 0.25) is 0 Å². The van der Waals surface area contributed by atoms with Gasteiger partial charge in [0.25, 0.3) is 0 Å². The molecule has 0 spiro atoms. The quantitative estimate of drug-likeness (QED) is 0.168. The van der Waals surface area contributed by atoms with Crippen LogP contribution in [0, 0.1) is 0 Å². The molecular weight excluding hydrogens is 691 g/mol. The second-order valence-corrected chi connectivity index (χ2v) is 15.0. The molecule has 0 aliphatic heterocycles. The average molecular weight is 726 g/mol. The van der Waals surface area contributed by atoms with Gasteiger partial charge in [-0.15, -0.1) is 0 Å². The Kier molecular flexibility index (Phi) is 6.93. The van der Waals surface area contributed by atoms with Crippen molar-refractivity contribution >= 4 is 65.4 Å². The van der Waals surface area contributed by atoms with Crippen LogP contribution in [-0.4, -0.2) is 13.7 Å². The van der Waals surface area contributed by atoms with Crippen molar-refractivity contribution in [3.8, 4) is 39.3 Å². The predicted molar refractivity (Wildman–Crippen MR) is 240 cm³/mol. The van der Waals surface area contributed by atoms with Crippen molar-refractivity contribution in [2.24, 2.45) is 0 Å². The molecular formula is C54H35N3. The fourth-order valence-corrected chi connectivity index (χ4v) is 9.27. The highest BCUT2D eigenvalue weighted by atomic mass is 15.0. The van der Waals surface area contributed by atoms with Crippen LogP contribution in [0.5, 0.6) is 0 Å². The predicted octanol–water partition coefficient (Wildman–Crippen LogP) is 14.3. The molecule has 12 rings (SSSR count). The van der Waals surface area contributed by atoms with Gasteiger partial charge in [-0.25, -0.2) is 0 Å². The summed E-state index contributed by atoms with van der Waals surface area (Å²) in [5.74, 6) is 0. The maximum Gasteiger partial charge on any atom is 0.0548 e. The summed E-state index contributed by atoms with van der Waals surface area (Å²) in [6, 6.07) is 77.4. The Balaban J connectivity index is 1.06. The van der Waals surface area contributed by atoms with Crippen LogP contribution in [0.1, 0.15) is 0 Å². The molecule has 12 aromatic rings. The van der Waals surface area contributed by atoms with E-state index in [0.717, 1.165) is 11.4 Å². The molecule has 3 nitrogen and oxygen atoms in total. The van der Waals surface area contributed by atoms with Crippen LogP contribution in [0.25, 0.3) is 105 Å². The first-order valence-corrected chi connectivity index (χ1v) is 19.6. The van der Waals surface area contributed by atoms with Gasteiger partial charge >= 0.3 is 0 Å². The molecule has 0 atom stereocenters. The lowest BCUT2D eigenvalue weighted by Crippen LogP contribution is -1.95. The summed E-state index contributed by atoms with van der Waals surface area (Å²) < 4.78 is 7.27. The summed E-state index contributed by atoms with van der Waals surface area (Å²) in [4.78, 5) is 0. The number of benzene rings is 9. The second kappa shape index (κ2) is 12.5. The number of hydrogen-bond donors (Lipinski definition) is 0. The SMILES string of the molecule is c1ccc(-c2cccc(-n3c4ccccc4c4cc5c(cc43)c3ccccc3n5-c3cccc(-c4ccc5c(c4)c4ccccc4n5-c4ccccc4)c3)c2)cc1. The molecule has 0 unspecified atom stereocenters.